The highest BCUT2D eigenvalue weighted by molar-refractivity contribution is 6.31. The van der Waals surface area contributed by atoms with Crippen LogP contribution in [0.1, 0.15) is 28.1 Å². The van der Waals surface area contributed by atoms with E-state index in [1.807, 2.05) is 30.3 Å². The molecule has 0 saturated carbocycles. The Bertz CT molecular complexity index is 864. The van der Waals surface area contributed by atoms with Crippen molar-refractivity contribution in [3.8, 4) is 5.75 Å². The van der Waals surface area contributed by atoms with E-state index in [-0.39, 0.29) is 5.78 Å². The molecule has 5 nitrogen and oxygen atoms in total. The van der Waals surface area contributed by atoms with Crippen molar-refractivity contribution < 1.29 is 9.53 Å². The van der Waals surface area contributed by atoms with Crippen LogP contribution in [0.15, 0.2) is 61.2 Å². The lowest BCUT2D eigenvalue weighted by Gasteiger charge is -2.33. The number of Topliss-reactive ketones (excluding diaryl/α,β-unsaturated/α-hetero) is 1. The van der Waals surface area contributed by atoms with E-state index >= 15 is 0 Å². The van der Waals surface area contributed by atoms with Crippen LogP contribution in [-0.4, -0.2) is 20.5 Å². The minimum atomic E-state index is -0.646. The number of hydrogen-bond acceptors (Lipinski definition) is 4. The first-order valence-corrected chi connectivity index (χ1v) is 7.52. The molecule has 3 aromatic rings. The summed E-state index contributed by atoms with van der Waals surface area (Å²) >= 11 is 6.32. The Morgan fingerprint density at radius 3 is 2.65 bits per heavy atom. The maximum absolute atomic E-state index is 13.0. The monoisotopic (exact) mass is 325 g/mol. The van der Waals surface area contributed by atoms with E-state index in [9.17, 15) is 4.79 Å². The summed E-state index contributed by atoms with van der Waals surface area (Å²) in [5.41, 5.74) is 1.29. The number of nitrogens with zero attached hydrogens (tertiary/aromatic N) is 3. The zero-order chi connectivity index (χ0) is 15.8. The van der Waals surface area contributed by atoms with Crippen LogP contribution in [0.2, 0.25) is 5.02 Å². The Morgan fingerprint density at radius 2 is 1.87 bits per heavy atom. The molecule has 0 amide bonds. The normalized spacial score (nSPS) is 20.0. The second-order valence-electron chi connectivity index (χ2n) is 5.24. The zero-order valence-electron chi connectivity index (χ0n) is 12.0. The molecular weight excluding hydrogens is 314 g/mol. The SMILES string of the molecule is O=C1c2ccccc2O[C@@H](c2ccccc2Cl)[C@@H]1n1cncn1. The van der Waals surface area contributed by atoms with Gasteiger partial charge in [-0.25, -0.2) is 9.67 Å². The topological polar surface area (TPSA) is 57.0 Å². The lowest BCUT2D eigenvalue weighted by atomic mass is 9.91. The van der Waals surface area contributed by atoms with Gasteiger partial charge in [0.1, 0.15) is 18.4 Å². The van der Waals surface area contributed by atoms with Crippen LogP contribution in [0.3, 0.4) is 0 Å². The van der Waals surface area contributed by atoms with Gasteiger partial charge in [0.2, 0.25) is 0 Å². The summed E-state index contributed by atoms with van der Waals surface area (Å²) in [4.78, 5) is 16.9. The predicted octanol–water partition coefficient (Wildman–Crippen LogP) is 3.49. The van der Waals surface area contributed by atoms with Gasteiger partial charge in [0.25, 0.3) is 0 Å². The van der Waals surface area contributed by atoms with Gasteiger partial charge in [-0.05, 0) is 18.2 Å². The van der Waals surface area contributed by atoms with Crippen LogP contribution >= 0.6 is 11.6 Å². The zero-order valence-corrected chi connectivity index (χ0v) is 12.7. The van der Waals surface area contributed by atoms with Crippen LogP contribution in [-0.2, 0) is 0 Å². The van der Waals surface area contributed by atoms with E-state index in [0.29, 0.717) is 16.3 Å². The maximum atomic E-state index is 13.0. The smallest absolute Gasteiger partial charge is 0.195 e. The van der Waals surface area contributed by atoms with Crippen LogP contribution in [0.5, 0.6) is 5.75 Å². The number of para-hydroxylation sites is 1. The molecule has 0 bridgehead atoms. The molecule has 4 rings (SSSR count). The summed E-state index contributed by atoms with van der Waals surface area (Å²) < 4.78 is 7.63. The van der Waals surface area contributed by atoms with Gasteiger partial charge in [0.05, 0.1) is 5.56 Å². The van der Waals surface area contributed by atoms with Gasteiger partial charge >= 0.3 is 0 Å². The highest BCUT2D eigenvalue weighted by Crippen LogP contribution is 2.42. The molecule has 1 aliphatic heterocycles. The average Bonchev–Trinajstić information content (AvgIpc) is 3.09. The summed E-state index contributed by atoms with van der Waals surface area (Å²) in [6.45, 7) is 0. The first-order chi connectivity index (χ1) is 11.3. The summed E-state index contributed by atoms with van der Waals surface area (Å²) in [6, 6.07) is 13.9. The molecule has 0 spiro atoms. The second-order valence-corrected chi connectivity index (χ2v) is 5.65. The predicted molar refractivity (Wildman–Crippen MR) is 84.7 cm³/mol. The molecule has 2 atom stereocenters. The highest BCUT2D eigenvalue weighted by atomic mass is 35.5. The van der Waals surface area contributed by atoms with Crippen molar-refractivity contribution in [2.24, 2.45) is 0 Å². The second kappa shape index (κ2) is 5.52. The standard InChI is InChI=1S/C17H12ClN3O2/c18-13-7-3-1-5-11(13)17-15(21-10-19-9-20-21)16(22)12-6-2-4-8-14(12)23-17/h1-10,15,17H/t15-,17+/m1/s1. The third-order valence-corrected chi connectivity index (χ3v) is 4.24. The molecule has 23 heavy (non-hydrogen) atoms. The van der Waals surface area contributed by atoms with Crippen molar-refractivity contribution in [2.45, 2.75) is 12.1 Å². The van der Waals surface area contributed by atoms with E-state index in [2.05, 4.69) is 10.1 Å². The number of hydrogen-bond donors (Lipinski definition) is 0. The van der Waals surface area contributed by atoms with E-state index in [0.717, 1.165) is 5.56 Å². The average molecular weight is 326 g/mol. The van der Waals surface area contributed by atoms with Gasteiger partial charge in [-0.15, -0.1) is 0 Å². The van der Waals surface area contributed by atoms with Crippen LogP contribution < -0.4 is 4.74 Å². The van der Waals surface area contributed by atoms with E-state index in [1.165, 1.54) is 17.3 Å². The van der Waals surface area contributed by atoms with Crippen molar-refractivity contribution in [1.82, 2.24) is 14.8 Å². The molecule has 1 aromatic heterocycles. The minimum absolute atomic E-state index is 0.0673. The summed E-state index contributed by atoms with van der Waals surface area (Å²) in [6.07, 6.45) is 2.36. The summed E-state index contributed by atoms with van der Waals surface area (Å²) in [5.74, 6) is 0.487. The first kappa shape index (κ1) is 14.0. The van der Waals surface area contributed by atoms with Crippen molar-refractivity contribution in [3.05, 3.63) is 77.3 Å². The Kier molecular flexibility index (Phi) is 3.35. The van der Waals surface area contributed by atoms with Gasteiger partial charge in [-0.2, -0.15) is 5.10 Å². The number of aromatic nitrogens is 3. The minimum Gasteiger partial charge on any atom is -0.482 e. The molecule has 0 N–H and O–H groups in total. The first-order valence-electron chi connectivity index (χ1n) is 7.14. The van der Waals surface area contributed by atoms with Crippen molar-refractivity contribution in [2.75, 3.05) is 0 Å². The van der Waals surface area contributed by atoms with Crippen molar-refractivity contribution in [3.63, 3.8) is 0 Å². The molecule has 2 aromatic carbocycles. The number of carbonyl (C=O) groups excluding carboxylic acids is 1. The highest BCUT2D eigenvalue weighted by Gasteiger charge is 2.40. The third-order valence-electron chi connectivity index (χ3n) is 3.90. The molecule has 6 heteroatoms. The lowest BCUT2D eigenvalue weighted by molar-refractivity contribution is 0.0653. The molecule has 2 heterocycles. The van der Waals surface area contributed by atoms with Crippen LogP contribution in [0.4, 0.5) is 0 Å². The Morgan fingerprint density at radius 1 is 1.09 bits per heavy atom. The number of halogens is 1. The van der Waals surface area contributed by atoms with Gasteiger partial charge in [-0.1, -0.05) is 41.9 Å². The number of ether oxygens (including phenoxy) is 1. The Balaban J connectivity index is 1.89. The van der Waals surface area contributed by atoms with Crippen LogP contribution in [0, 0.1) is 0 Å². The summed E-state index contributed by atoms with van der Waals surface area (Å²) in [7, 11) is 0. The van der Waals surface area contributed by atoms with Gasteiger partial charge in [0.15, 0.2) is 17.9 Å². The number of carbonyl (C=O) groups is 1. The Labute approximate surface area is 137 Å². The number of rotatable bonds is 2. The van der Waals surface area contributed by atoms with Crippen LogP contribution in [0.25, 0.3) is 0 Å². The third kappa shape index (κ3) is 2.29. The van der Waals surface area contributed by atoms with E-state index in [4.69, 9.17) is 16.3 Å². The fourth-order valence-electron chi connectivity index (χ4n) is 2.83. The van der Waals surface area contributed by atoms with Crippen molar-refractivity contribution >= 4 is 17.4 Å². The van der Waals surface area contributed by atoms with Crippen molar-refractivity contribution in [1.29, 1.82) is 0 Å². The van der Waals surface area contributed by atoms with Gasteiger partial charge < -0.3 is 4.74 Å². The van der Waals surface area contributed by atoms with Gasteiger partial charge in [0, 0.05) is 10.6 Å². The number of benzene rings is 2. The summed E-state index contributed by atoms with van der Waals surface area (Å²) in [5, 5.41) is 4.68. The molecule has 0 radical (unpaired) electrons. The van der Waals surface area contributed by atoms with Gasteiger partial charge in [-0.3, -0.25) is 4.79 Å². The molecule has 0 unspecified atom stereocenters. The molecule has 1 aliphatic rings. The largest absolute Gasteiger partial charge is 0.482 e. The lowest BCUT2D eigenvalue weighted by Crippen LogP contribution is -2.34. The van der Waals surface area contributed by atoms with E-state index < -0.39 is 12.1 Å². The number of fused-ring (bicyclic) bond motifs is 1. The molecule has 114 valence electrons. The molecular formula is C17H12ClN3O2. The number of ketones is 1. The quantitative estimate of drug-likeness (QED) is 0.723. The molecule has 0 saturated heterocycles. The molecule has 0 fully saturated rings. The molecule has 0 aliphatic carbocycles. The fourth-order valence-corrected chi connectivity index (χ4v) is 3.07. The maximum Gasteiger partial charge on any atom is 0.195 e. The Hall–Kier alpha value is -2.66. The van der Waals surface area contributed by atoms with E-state index in [1.54, 1.807) is 18.2 Å². The fraction of sp³-hybridized carbons (Fsp3) is 0.118.